The van der Waals surface area contributed by atoms with E-state index in [1.807, 2.05) is 56.3 Å². The molecule has 0 fully saturated rings. The fourth-order valence-electron chi connectivity index (χ4n) is 1.23. The van der Waals surface area contributed by atoms with Crippen molar-refractivity contribution < 1.29 is 4.84 Å². The number of amidine groups is 1. The lowest BCUT2D eigenvalue weighted by atomic mass is 10.2. The molecule has 0 aromatic heterocycles. The first-order chi connectivity index (χ1) is 8.24. The second-order valence-electron chi connectivity index (χ2n) is 3.72. The molecule has 0 aliphatic carbocycles. The highest BCUT2D eigenvalue weighted by atomic mass is 16.6. The van der Waals surface area contributed by atoms with Crippen LogP contribution in [0.2, 0.25) is 0 Å². The van der Waals surface area contributed by atoms with Crippen LogP contribution in [0.15, 0.2) is 40.5 Å². The molecule has 17 heavy (non-hydrogen) atoms. The normalized spacial score (nSPS) is 11.8. The Hall–Kier alpha value is -1.84. The quantitative estimate of drug-likeness (QED) is 0.444. The van der Waals surface area contributed by atoms with Crippen LogP contribution in [0.4, 0.5) is 0 Å². The van der Waals surface area contributed by atoms with E-state index in [1.54, 1.807) is 6.21 Å². The van der Waals surface area contributed by atoms with Crippen molar-refractivity contribution in [2.75, 3.05) is 20.6 Å². The van der Waals surface area contributed by atoms with E-state index < -0.39 is 0 Å². The second kappa shape index (κ2) is 7.44. The van der Waals surface area contributed by atoms with Crippen LogP contribution in [0.5, 0.6) is 0 Å². The van der Waals surface area contributed by atoms with Crippen molar-refractivity contribution in [1.29, 1.82) is 0 Å². The summed E-state index contributed by atoms with van der Waals surface area (Å²) in [4.78, 5) is 11.4. The van der Waals surface area contributed by atoms with Gasteiger partial charge in [-0.2, -0.15) is 0 Å². The lowest BCUT2D eigenvalue weighted by molar-refractivity contribution is 0.132. The number of benzene rings is 1. The average molecular weight is 233 g/mol. The third kappa shape index (κ3) is 5.15. The zero-order valence-corrected chi connectivity index (χ0v) is 10.6. The fourth-order valence-corrected chi connectivity index (χ4v) is 1.23. The molecule has 1 rings (SSSR count). The molecule has 0 saturated carbocycles. The lowest BCUT2D eigenvalue weighted by Gasteiger charge is -2.10. The van der Waals surface area contributed by atoms with Gasteiger partial charge < -0.3 is 9.74 Å². The summed E-state index contributed by atoms with van der Waals surface area (Å²) in [6.07, 6.45) is 1.63. The monoisotopic (exact) mass is 233 g/mol. The van der Waals surface area contributed by atoms with Gasteiger partial charge in [0, 0.05) is 20.6 Å². The Morgan fingerprint density at radius 2 is 2.00 bits per heavy atom. The van der Waals surface area contributed by atoms with Crippen LogP contribution < -0.4 is 0 Å². The fraction of sp³-hybridized carbons (Fsp3) is 0.385. The Balaban J connectivity index is 2.42. The van der Waals surface area contributed by atoms with Crippen LogP contribution in [-0.4, -0.2) is 37.6 Å². The van der Waals surface area contributed by atoms with Crippen molar-refractivity contribution >= 4 is 12.1 Å². The van der Waals surface area contributed by atoms with E-state index in [2.05, 4.69) is 10.1 Å². The molecular weight excluding hydrogens is 214 g/mol. The minimum atomic E-state index is 0.476. The third-order valence-electron chi connectivity index (χ3n) is 2.10. The van der Waals surface area contributed by atoms with Crippen molar-refractivity contribution in [3.8, 4) is 0 Å². The molecule has 0 spiro atoms. The summed E-state index contributed by atoms with van der Waals surface area (Å²) < 4.78 is 0. The zero-order valence-electron chi connectivity index (χ0n) is 10.6. The summed E-state index contributed by atoms with van der Waals surface area (Å²) in [7, 11) is 3.86. The van der Waals surface area contributed by atoms with E-state index in [-0.39, 0.29) is 0 Å². The van der Waals surface area contributed by atoms with Crippen LogP contribution in [0.3, 0.4) is 0 Å². The molecule has 0 bridgehead atoms. The van der Waals surface area contributed by atoms with Crippen molar-refractivity contribution in [1.82, 2.24) is 4.90 Å². The van der Waals surface area contributed by atoms with E-state index in [4.69, 9.17) is 4.84 Å². The molecule has 4 heteroatoms. The molecule has 4 nitrogen and oxygen atoms in total. The lowest BCUT2D eigenvalue weighted by Crippen LogP contribution is -2.23. The minimum absolute atomic E-state index is 0.476. The minimum Gasteiger partial charge on any atom is -0.391 e. The van der Waals surface area contributed by atoms with E-state index >= 15 is 0 Å². The molecule has 0 radical (unpaired) electrons. The van der Waals surface area contributed by atoms with Crippen molar-refractivity contribution in [2.24, 2.45) is 10.1 Å². The summed E-state index contributed by atoms with van der Waals surface area (Å²) in [6, 6.07) is 9.94. The highest BCUT2D eigenvalue weighted by molar-refractivity contribution is 6.28. The molecule has 1 aromatic carbocycles. The van der Waals surface area contributed by atoms with E-state index in [9.17, 15) is 0 Å². The zero-order chi connectivity index (χ0) is 12.5. The molecule has 0 saturated heterocycles. The number of hydrogen-bond donors (Lipinski definition) is 0. The SMILES string of the molecule is CCN=C(/C=N/OCc1ccccc1)N(C)C. The van der Waals surface area contributed by atoms with E-state index in [1.165, 1.54) is 0 Å². The van der Waals surface area contributed by atoms with Gasteiger partial charge in [-0.1, -0.05) is 35.5 Å². The summed E-state index contributed by atoms with van der Waals surface area (Å²) in [6.45, 7) is 3.20. The molecular formula is C13H19N3O. The van der Waals surface area contributed by atoms with Crippen molar-refractivity contribution in [3.05, 3.63) is 35.9 Å². The summed E-state index contributed by atoms with van der Waals surface area (Å²) in [5, 5.41) is 3.91. The Morgan fingerprint density at radius 3 is 2.59 bits per heavy atom. The molecule has 0 N–H and O–H groups in total. The van der Waals surface area contributed by atoms with Crippen molar-refractivity contribution in [3.63, 3.8) is 0 Å². The van der Waals surface area contributed by atoms with Crippen LogP contribution >= 0.6 is 0 Å². The predicted octanol–water partition coefficient (Wildman–Crippen LogP) is 2.17. The van der Waals surface area contributed by atoms with Crippen LogP contribution in [0.25, 0.3) is 0 Å². The molecule has 0 amide bonds. The van der Waals surface area contributed by atoms with Crippen LogP contribution in [0, 0.1) is 0 Å². The van der Waals surface area contributed by atoms with Gasteiger partial charge in [0.25, 0.3) is 0 Å². The molecule has 0 unspecified atom stereocenters. The smallest absolute Gasteiger partial charge is 0.145 e. The number of hydrogen-bond acceptors (Lipinski definition) is 3. The number of oxime groups is 1. The van der Waals surface area contributed by atoms with Crippen LogP contribution in [0.1, 0.15) is 12.5 Å². The standard InChI is InChI=1S/C13H19N3O/c1-4-14-13(16(2)3)10-15-17-11-12-8-6-5-7-9-12/h5-10H,4,11H2,1-3H3/b14-13?,15-10+. The van der Waals surface area contributed by atoms with Gasteiger partial charge in [-0.15, -0.1) is 0 Å². The van der Waals surface area contributed by atoms with Crippen LogP contribution in [-0.2, 0) is 11.4 Å². The Bertz CT molecular complexity index is 372. The molecule has 0 heterocycles. The highest BCUT2D eigenvalue weighted by Crippen LogP contribution is 2.00. The third-order valence-corrected chi connectivity index (χ3v) is 2.10. The summed E-state index contributed by atoms with van der Waals surface area (Å²) in [5.41, 5.74) is 1.10. The first-order valence-electron chi connectivity index (χ1n) is 5.65. The van der Waals surface area contributed by atoms with Gasteiger partial charge in [0.2, 0.25) is 0 Å². The van der Waals surface area contributed by atoms with Gasteiger partial charge >= 0.3 is 0 Å². The number of rotatable bonds is 5. The topological polar surface area (TPSA) is 37.2 Å². The maximum absolute atomic E-state index is 5.21. The second-order valence-corrected chi connectivity index (χ2v) is 3.72. The van der Waals surface area contributed by atoms with Gasteiger partial charge in [0.05, 0.1) is 0 Å². The molecule has 92 valence electrons. The molecule has 0 atom stereocenters. The maximum atomic E-state index is 5.21. The first kappa shape index (κ1) is 13.2. The average Bonchev–Trinajstić information content (AvgIpc) is 2.34. The van der Waals surface area contributed by atoms with Gasteiger partial charge in [0.15, 0.2) is 0 Å². The van der Waals surface area contributed by atoms with Gasteiger partial charge in [-0.3, -0.25) is 4.99 Å². The molecule has 1 aromatic rings. The Morgan fingerprint density at radius 1 is 1.29 bits per heavy atom. The van der Waals surface area contributed by atoms with E-state index in [0.717, 1.165) is 17.9 Å². The Kier molecular flexibility index (Phi) is 5.79. The summed E-state index contributed by atoms with van der Waals surface area (Å²) >= 11 is 0. The van der Waals surface area contributed by atoms with Crippen molar-refractivity contribution in [2.45, 2.75) is 13.5 Å². The maximum Gasteiger partial charge on any atom is 0.145 e. The summed E-state index contributed by atoms with van der Waals surface area (Å²) in [5.74, 6) is 0.806. The largest absolute Gasteiger partial charge is 0.391 e. The predicted molar refractivity (Wildman–Crippen MR) is 71.4 cm³/mol. The first-order valence-corrected chi connectivity index (χ1v) is 5.65. The number of nitrogens with zero attached hydrogens (tertiary/aromatic N) is 3. The van der Waals surface area contributed by atoms with E-state index in [0.29, 0.717) is 6.61 Å². The van der Waals surface area contributed by atoms with Gasteiger partial charge in [-0.25, -0.2) is 0 Å². The van der Waals surface area contributed by atoms with Gasteiger partial charge in [-0.05, 0) is 12.5 Å². The van der Waals surface area contributed by atoms with Gasteiger partial charge in [0.1, 0.15) is 18.7 Å². The Labute approximate surface area is 103 Å². The number of aliphatic imine (C=N–C) groups is 1. The molecule has 0 aliphatic heterocycles. The highest BCUT2D eigenvalue weighted by Gasteiger charge is 1.96. The molecule has 0 aliphatic rings.